The predicted octanol–water partition coefficient (Wildman–Crippen LogP) is 3.04. The van der Waals surface area contributed by atoms with Crippen molar-refractivity contribution in [2.24, 2.45) is 0 Å². The Kier molecular flexibility index (Phi) is 6.47. The normalized spacial score (nSPS) is 20.8. The first kappa shape index (κ1) is 20.3. The number of fused-ring (bicyclic) bond motifs is 1. The highest BCUT2D eigenvalue weighted by Gasteiger charge is 2.30. The van der Waals surface area contributed by atoms with Gasteiger partial charge in [0.2, 0.25) is 0 Å². The van der Waals surface area contributed by atoms with Crippen molar-refractivity contribution in [1.29, 1.82) is 0 Å². The van der Waals surface area contributed by atoms with Gasteiger partial charge in [-0.3, -0.25) is 9.69 Å². The van der Waals surface area contributed by atoms with Gasteiger partial charge in [-0.1, -0.05) is 18.0 Å². The van der Waals surface area contributed by atoms with Crippen LogP contribution in [0, 0.1) is 0 Å². The second-order valence-corrected chi connectivity index (χ2v) is 7.89. The minimum Gasteiger partial charge on any atom is -0.465 e. The van der Waals surface area contributed by atoms with Gasteiger partial charge in [0.1, 0.15) is 17.7 Å². The first-order chi connectivity index (χ1) is 14.2. The van der Waals surface area contributed by atoms with Crippen LogP contribution in [-0.4, -0.2) is 66.3 Å². The Morgan fingerprint density at radius 2 is 2.07 bits per heavy atom. The number of aromatic nitrogens is 2. The van der Waals surface area contributed by atoms with Crippen molar-refractivity contribution < 1.29 is 14.3 Å². The van der Waals surface area contributed by atoms with Crippen LogP contribution in [0.3, 0.4) is 0 Å². The van der Waals surface area contributed by atoms with E-state index in [0.717, 1.165) is 61.4 Å². The van der Waals surface area contributed by atoms with Gasteiger partial charge in [0, 0.05) is 23.5 Å². The number of halogens is 1. The maximum absolute atomic E-state index is 12.4. The fourth-order valence-corrected chi connectivity index (χ4v) is 4.26. The number of esters is 1. The highest BCUT2D eigenvalue weighted by Crippen LogP contribution is 2.28. The third-order valence-corrected chi connectivity index (χ3v) is 5.75. The van der Waals surface area contributed by atoms with E-state index >= 15 is 0 Å². The molecule has 4 rings (SSSR count). The minimum absolute atomic E-state index is 0.145. The molecule has 1 aromatic heterocycles. The molecule has 0 saturated carbocycles. The lowest BCUT2D eigenvalue weighted by Gasteiger charge is -2.34. The molecule has 29 heavy (non-hydrogen) atoms. The Morgan fingerprint density at radius 1 is 1.24 bits per heavy atom. The SMILES string of the molecule is CCOC(=O)C1CCCCN1Cc1nc(N2CCOCC2)c2cc(Cl)ccc2n1. The molecule has 0 aliphatic carbocycles. The summed E-state index contributed by atoms with van der Waals surface area (Å²) < 4.78 is 10.8. The van der Waals surface area contributed by atoms with E-state index in [4.69, 9.17) is 31.0 Å². The third-order valence-electron chi connectivity index (χ3n) is 5.51. The zero-order chi connectivity index (χ0) is 20.2. The molecule has 0 N–H and O–H groups in total. The van der Waals surface area contributed by atoms with Gasteiger partial charge in [0.15, 0.2) is 0 Å². The molecule has 2 aliphatic rings. The molecule has 156 valence electrons. The number of carbonyl (C=O) groups is 1. The number of hydrogen-bond donors (Lipinski definition) is 0. The average molecular weight is 419 g/mol. The minimum atomic E-state index is -0.222. The van der Waals surface area contributed by atoms with Crippen molar-refractivity contribution in [3.63, 3.8) is 0 Å². The van der Waals surface area contributed by atoms with E-state index in [9.17, 15) is 4.79 Å². The van der Waals surface area contributed by atoms with E-state index in [1.807, 2.05) is 25.1 Å². The summed E-state index contributed by atoms with van der Waals surface area (Å²) in [6, 6.07) is 5.49. The van der Waals surface area contributed by atoms with Crippen LogP contribution in [0.5, 0.6) is 0 Å². The van der Waals surface area contributed by atoms with Gasteiger partial charge >= 0.3 is 5.97 Å². The molecule has 8 heteroatoms. The molecule has 1 unspecified atom stereocenters. The summed E-state index contributed by atoms with van der Waals surface area (Å²) in [7, 11) is 0. The molecule has 2 saturated heterocycles. The molecule has 2 aromatic rings. The van der Waals surface area contributed by atoms with E-state index in [2.05, 4.69) is 9.80 Å². The number of nitrogens with zero attached hydrogens (tertiary/aromatic N) is 4. The largest absolute Gasteiger partial charge is 0.465 e. The van der Waals surface area contributed by atoms with Crippen LogP contribution in [0.2, 0.25) is 5.02 Å². The van der Waals surface area contributed by atoms with Crippen molar-refractivity contribution in [3.8, 4) is 0 Å². The summed E-state index contributed by atoms with van der Waals surface area (Å²) in [5, 5.41) is 1.62. The van der Waals surface area contributed by atoms with Crippen LogP contribution in [0.25, 0.3) is 10.9 Å². The van der Waals surface area contributed by atoms with Crippen LogP contribution in [-0.2, 0) is 20.8 Å². The predicted molar refractivity (Wildman–Crippen MR) is 112 cm³/mol. The molecule has 1 aromatic carbocycles. The van der Waals surface area contributed by atoms with E-state index in [0.29, 0.717) is 31.4 Å². The number of rotatable bonds is 5. The molecular weight excluding hydrogens is 392 g/mol. The quantitative estimate of drug-likeness (QED) is 0.691. The average Bonchev–Trinajstić information content (AvgIpc) is 2.74. The fourth-order valence-electron chi connectivity index (χ4n) is 4.09. The molecule has 2 fully saturated rings. The maximum atomic E-state index is 12.4. The van der Waals surface area contributed by atoms with Crippen LogP contribution >= 0.6 is 11.6 Å². The summed E-state index contributed by atoms with van der Waals surface area (Å²) >= 11 is 6.25. The number of piperidine rings is 1. The molecule has 0 radical (unpaired) electrons. The number of likely N-dealkylation sites (tertiary alicyclic amines) is 1. The van der Waals surface area contributed by atoms with Crippen LogP contribution < -0.4 is 4.90 Å². The summed E-state index contributed by atoms with van der Waals surface area (Å²) in [5.41, 5.74) is 0.866. The lowest BCUT2D eigenvalue weighted by Crippen LogP contribution is -2.45. The zero-order valence-electron chi connectivity index (χ0n) is 16.8. The van der Waals surface area contributed by atoms with Gasteiger partial charge in [0.25, 0.3) is 0 Å². The summed E-state index contributed by atoms with van der Waals surface area (Å²) in [6.07, 6.45) is 2.92. The van der Waals surface area contributed by atoms with Crippen LogP contribution in [0.1, 0.15) is 32.0 Å². The van der Waals surface area contributed by atoms with Crippen molar-refractivity contribution in [2.45, 2.75) is 38.8 Å². The topological polar surface area (TPSA) is 67.8 Å². The molecular formula is C21H27ClN4O3. The van der Waals surface area contributed by atoms with E-state index in [-0.39, 0.29) is 12.0 Å². The molecule has 3 heterocycles. The van der Waals surface area contributed by atoms with Gasteiger partial charge in [-0.25, -0.2) is 9.97 Å². The summed E-state index contributed by atoms with van der Waals surface area (Å²) in [4.78, 5) is 26.5. The highest BCUT2D eigenvalue weighted by atomic mass is 35.5. The highest BCUT2D eigenvalue weighted by molar-refractivity contribution is 6.31. The van der Waals surface area contributed by atoms with Crippen molar-refractivity contribution in [2.75, 3.05) is 44.4 Å². The van der Waals surface area contributed by atoms with E-state index in [1.165, 1.54) is 0 Å². The van der Waals surface area contributed by atoms with Crippen LogP contribution in [0.15, 0.2) is 18.2 Å². The van der Waals surface area contributed by atoms with Gasteiger partial charge < -0.3 is 14.4 Å². The van der Waals surface area contributed by atoms with Crippen LogP contribution in [0.4, 0.5) is 5.82 Å². The fraction of sp³-hybridized carbons (Fsp3) is 0.571. The monoisotopic (exact) mass is 418 g/mol. The second-order valence-electron chi connectivity index (χ2n) is 7.46. The van der Waals surface area contributed by atoms with Gasteiger partial charge in [-0.2, -0.15) is 0 Å². The smallest absolute Gasteiger partial charge is 0.323 e. The Morgan fingerprint density at radius 3 is 2.86 bits per heavy atom. The Bertz CT molecular complexity index is 872. The lowest BCUT2D eigenvalue weighted by atomic mass is 10.0. The summed E-state index contributed by atoms with van der Waals surface area (Å²) in [6.45, 7) is 6.55. The number of ether oxygens (including phenoxy) is 2. The summed E-state index contributed by atoms with van der Waals surface area (Å²) in [5.74, 6) is 1.46. The maximum Gasteiger partial charge on any atom is 0.323 e. The van der Waals surface area contributed by atoms with Crippen molar-refractivity contribution in [1.82, 2.24) is 14.9 Å². The van der Waals surface area contributed by atoms with Gasteiger partial charge in [-0.05, 0) is 44.5 Å². The number of hydrogen-bond acceptors (Lipinski definition) is 7. The number of anilines is 1. The Balaban J connectivity index is 1.66. The zero-order valence-corrected chi connectivity index (χ0v) is 17.5. The first-order valence-electron chi connectivity index (χ1n) is 10.4. The molecule has 1 atom stereocenters. The van der Waals surface area contributed by atoms with Crippen molar-refractivity contribution in [3.05, 3.63) is 29.0 Å². The second kappa shape index (κ2) is 9.24. The Hall–Kier alpha value is -1.96. The van der Waals surface area contributed by atoms with E-state index < -0.39 is 0 Å². The molecule has 0 bridgehead atoms. The van der Waals surface area contributed by atoms with Crippen molar-refractivity contribution >= 4 is 34.3 Å². The number of carbonyl (C=O) groups excluding carboxylic acids is 1. The van der Waals surface area contributed by atoms with Gasteiger partial charge in [0.05, 0.1) is 31.9 Å². The van der Waals surface area contributed by atoms with Gasteiger partial charge in [-0.15, -0.1) is 0 Å². The van der Waals surface area contributed by atoms with E-state index in [1.54, 1.807) is 0 Å². The number of benzene rings is 1. The standard InChI is InChI=1S/C21H27ClN4O3/c1-2-29-21(27)18-5-3-4-8-26(18)14-19-23-17-7-6-15(22)13-16(17)20(24-19)25-9-11-28-12-10-25/h6-7,13,18H,2-5,8-12,14H2,1H3. The molecule has 0 spiro atoms. The third kappa shape index (κ3) is 4.63. The first-order valence-corrected chi connectivity index (χ1v) is 10.7. The Labute approximate surface area is 175 Å². The molecule has 2 aliphatic heterocycles. The molecule has 7 nitrogen and oxygen atoms in total. The lowest BCUT2D eigenvalue weighted by molar-refractivity contribution is -0.151. The molecule has 0 amide bonds. The number of morpholine rings is 1.